The van der Waals surface area contributed by atoms with Crippen molar-refractivity contribution in [2.75, 3.05) is 30.8 Å². The second kappa shape index (κ2) is 12.0. The lowest BCUT2D eigenvalue weighted by molar-refractivity contribution is -0.116. The van der Waals surface area contributed by atoms with Gasteiger partial charge in [-0.15, -0.1) is 0 Å². The summed E-state index contributed by atoms with van der Waals surface area (Å²) in [6.45, 7) is 12.6. The van der Waals surface area contributed by atoms with E-state index in [1.165, 1.54) is 0 Å². The molecule has 3 aromatic rings. The van der Waals surface area contributed by atoms with Gasteiger partial charge in [-0.25, -0.2) is 9.48 Å². The number of aromatic nitrogens is 2. The number of aryl methyl sites for hydroxylation is 2. The highest BCUT2D eigenvalue weighted by molar-refractivity contribution is 5.97. The number of unbranched alkanes of at least 4 members (excludes halogenated alkanes) is 1. The normalized spacial score (nSPS) is 11.2. The van der Waals surface area contributed by atoms with Crippen molar-refractivity contribution in [2.45, 2.75) is 59.8 Å². The minimum Gasteiger partial charge on any atom is -0.497 e. The van der Waals surface area contributed by atoms with Gasteiger partial charge in [-0.2, -0.15) is 5.10 Å². The lowest BCUT2D eigenvalue weighted by Crippen LogP contribution is -2.41. The average Bonchev–Trinajstić information content (AvgIpc) is 3.27. The molecule has 3 amide bonds. The fourth-order valence-electron chi connectivity index (χ4n) is 3.86. The summed E-state index contributed by atoms with van der Waals surface area (Å²) in [4.78, 5) is 27.9. The lowest BCUT2D eigenvalue weighted by atomic mass is 9.92. The molecule has 8 heteroatoms. The Morgan fingerprint density at radius 3 is 2.32 bits per heavy atom. The van der Waals surface area contributed by atoms with Crippen molar-refractivity contribution >= 4 is 23.4 Å². The predicted molar refractivity (Wildman–Crippen MR) is 149 cm³/mol. The summed E-state index contributed by atoms with van der Waals surface area (Å²) in [6.07, 6.45) is 1.71. The van der Waals surface area contributed by atoms with Gasteiger partial charge in [0.15, 0.2) is 0 Å². The Kier molecular flexibility index (Phi) is 8.97. The van der Waals surface area contributed by atoms with E-state index in [0.29, 0.717) is 12.4 Å². The fraction of sp³-hybridized carbons (Fsp3) is 0.414. The first-order valence-corrected chi connectivity index (χ1v) is 12.7. The van der Waals surface area contributed by atoms with Crippen molar-refractivity contribution in [3.8, 4) is 11.4 Å². The Bertz CT molecular complexity index is 1230. The summed E-state index contributed by atoms with van der Waals surface area (Å²) < 4.78 is 6.98. The average molecular weight is 506 g/mol. The molecule has 2 N–H and O–H groups in total. The molecule has 0 saturated carbocycles. The van der Waals surface area contributed by atoms with Crippen LogP contribution in [0.3, 0.4) is 0 Å². The standard InChI is InChI=1S/C29H39N5O3/c1-8-9-16-33(28(36)30-24-15-10-20(2)17-21(24)3)19-27(35)31-26-18-25(29(4,5)6)32-34(26)22-11-13-23(37-7)14-12-22/h10-15,17-18H,8-9,16,19H2,1-7H3,(H,30,36)(H,31,35). The molecule has 0 spiro atoms. The third kappa shape index (κ3) is 7.35. The van der Waals surface area contributed by atoms with Gasteiger partial charge in [0.2, 0.25) is 5.91 Å². The molecule has 8 nitrogen and oxygen atoms in total. The van der Waals surface area contributed by atoms with Crippen LogP contribution in [0, 0.1) is 13.8 Å². The maximum Gasteiger partial charge on any atom is 0.322 e. The number of hydrogen-bond acceptors (Lipinski definition) is 4. The second-order valence-electron chi connectivity index (χ2n) is 10.3. The van der Waals surface area contributed by atoms with Crippen molar-refractivity contribution in [3.05, 3.63) is 65.4 Å². The molecule has 0 fully saturated rings. The monoisotopic (exact) mass is 505 g/mol. The number of anilines is 2. The Hall–Kier alpha value is -3.81. The van der Waals surface area contributed by atoms with Gasteiger partial charge in [0.05, 0.1) is 18.5 Å². The number of urea groups is 1. The lowest BCUT2D eigenvalue weighted by Gasteiger charge is -2.23. The van der Waals surface area contributed by atoms with Crippen LogP contribution >= 0.6 is 0 Å². The van der Waals surface area contributed by atoms with Crippen LogP contribution in [0.5, 0.6) is 5.75 Å². The molecular formula is C29H39N5O3. The Morgan fingerprint density at radius 1 is 1.03 bits per heavy atom. The van der Waals surface area contributed by atoms with E-state index in [-0.39, 0.29) is 23.9 Å². The van der Waals surface area contributed by atoms with E-state index in [2.05, 4.69) is 38.3 Å². The highest BCUT2D eigenvalue weighted by atomic mass is 16.5. The van der Waals surface area contributed by atoms with Gasteiger partial charge in [0, 0.05) is 23.7 Å². The topological polar surface area (TPSA) is 88.5 Å². The maximum atomic E-state index is 13.2. The highest BCUT2D eigenvalue weighted by Crippen LogP contribution is 2.27. The van der Waals surface area contributed by atoms with E-state index in [0.717, 1.165) is 46.8 Å². The molecule has 1 heterocycles. The van der Waals surface area contributed by atoms with Gasteiger partial charge in [0.25, 0.3) is 0 Å². The second-order valence-corrected chi connectivity index (χ2v) is 10.3. The van der Waals surface area contributed by atoms with Crippen LogP contribution in [0.25, 0.3) is 5.69 Å². The van der Waals surface area contributed by atoms with E-state index >= 15 is 0 Å². The van der Waals surface area contributed by atoms with Gasteiger partial charge in [-0.05, 0) is 56.2 Å². The van der Waals surface area contributed by atoms with E-state index < -0.39 is 0 Å². The molecule has 0 unspecified atom stereocenters. The van der Waals surface area contributed by atoms with Crippen LogP contribution < -0.4 is 15.4 Å². The van der Waals surface area contributed by atoms with Crippen LogP contribution in [0.1, 0.15) is 57.4 Å². The minimum atomic E-state index is -0.297. The molecule has 2 aromatic carbocycles. The zero-order valence-electron chi connectivity index (χ0n) is 23.0. The first-order valence-electron chi connectivity index (χ1n) is 12.7. The summed E-state index contributed by atoms with van der Waals surface area (Å²) >= 11 is 0. The number of amides is 3. The third-order valence-electron chi connectivity index (χ3n) is 6.09. The molecule has 1 aromatic heterocycles. The van der Waals surface area contributed by atoms with Crippen molar-refractivity contribution < 1.29 is 14.3 Å². The smallest absolute Gasteiger partial charge is 0.322 e. The number of ether oxygens (including phenoxy) is 1. The number of carbonyl (C=O) groups excluding carboxylic acids is 2. The Labute approximate surface area is 220 Å². The van der Waals surface area contributed by atoms with Crippen LogP contribution in [-0.2, 0) is 10.2 Å². The van der Waals surface area contributed by atoms with Crippen LogP contribution in [0.4, 0.5) is 16.3 Å². The Balaban J connectivity index is 1.81. The molecule has 0 aliphatic carbocycles. The number of benzene rings is 2. The van der Waals surface area contributed by atoms with Crippen LogP contribution in [-0.4, -0.2) is 46.8 Å². The molecule has 0 atom stereocenters. The molecule has 0 saturated heterocycles. The summed E-state index contributed by atoms with van der Waals surface area (Å²) in [6, 6.07) is 14.9. The first kappa shape index (κ1) is 27.8. The quantitative estimate of drug-likeness (QED) is 0.370. The first-order chi connectivity index (χ1) is 17.5. The maximum absolute atomic E-state index is 13.2. The summed E-state index contributed by atoms with van der Waals surface area (Å²) in [5, 5.41) is 10.7. The molecule has 0 aliphatic heterocycles. The minimum absolute atomic E-state index is 0.0740. The van der Waals surface area contributed by atoms with E-state index in [4.69, 9.17) is 9.84 Å². The van der Waals surface area contributed by atoms with Gasteiger partial charge in [0.1, 0.15) is 18.1 Å². The van der Waals surface area contributed by atoms with Crippen molar-refractivity contribution in [3.63, 3.8) is 0 Å². The van der Waals surface area contributed by atoms with Crippen molar-refractivity contribution in [2.24, 2.45) is 0 Å². The summed E-state index contributed by atoms with van der Waals surface area (Å²) in [7, 11) is 1.62. The molecule has 3 rings (SSSR count). The molecule has 37 heavy (non-hydrogen) atoms. The van der Waals surface area contributed by atoms with E-state index in [9.17, 15) is 9.59 Å². The molecular weight excluding hydrogens is 466 g/mol. The SMILES string of the molecule is CCCCN(CC(=O)Nc1cc(C(C)(C)C)nn1-c1ccc(OC)cc1)C(=O)Nc1ccc(C)cc1C. The zero-order chi connectivity index (χ0) is 27.2. The summed E-state index contributed by atoms with van der Waals surface area (Å²) in [5.41, 5.74) is 4.27. The fourth-order valence-corrected chi connectivity index (χ4v) is 3.86. The van der Waals surface area contributed by atoms with Gasteiger partial charge in [-0.1, -0.05) is 51.8 Å². The van der Waals surface area contributed by atoms with E-state index in [1.54, 1.807) is 16.7 Å². The van der Waals surface area contributed by atoms with Gasteiger partial charge in [-0.3, -0.25) is 4.79 Å². The number of nitrogens with one attached hydrogen (secondary N) is 2. The van der Waals surface area contributed by atoms with E-state index in [1.807, 2.05) is 62.4 Å². The number of hydrogen-bond donors (Lipinski definition) is 2. The number of methoxy groups -OCH3 is 1. The van der Waals surface area contributed by atoms with Crippen molar-refractivity contribution in [1.82, 2.24) is 14.7 Å². The number of nitrogens with zero attached hydrogens (tertiary/aromatic N) is 3. The molecule has 0 bridgehead atoms. The van der Waals surface area contributed by atoms with Crippen LogP contribution in [0.2, 0.25) is 0 Å². The zero-order valence-corrected chi connectivity index (χ0v) is 23.0. The van der Waals surface area contributed by atoms with Gasteiger partial charge < -0.3 is 20.3 Å². The largest absolute Gasteiger partial charge is 0.497 e. The van der Waals surface area contributed by atoms with Crippen molar-refractivity contribution in [1.29, 1.82) is 0 Å². The predicted octanol–water partition coefficient (Wildman–Crippen LogP) is 6.07. The third-order valence-corrected chi connectivity index (χ3v) is 6.09. The Morgan fingerprint density at radius 2 is 1.73 bits per heavy atom. The number of rotatable bonds is 9. The molecule has 198 valence electrons. The number of carbonyl (C=O) groups is 2. The van der Waals surface area contributed by atoms with Gasteiger partial charge >= 0.3 is 6.03 Å². The molecule has 0 aliphatic rings. The van der Waals surface area contributed by atoms with Crippen LogP contribution in [0.15, 0.2) is 48.5 Å². The molecule has 0 radical (unpaired) electrons. The highest BCUT2D eigenvalue weighted by Gasteiger charge is 2.23. The summed E-state index contributed by atoms with van der Waals surface area (Å²) in [5.74, 6) is 0.992.